The SMILES string of the molecule is CCC(CS(=O)C(C)(C)C)N1C(=O)C(C)OCC1c1ccc(Cl)cc1. The van der Waals surface area contributed by atoms with Gasteiger partial charge in [-0.05, 0) is 51.8 Å². The normalized spacial score (nSPS) is 24.2. The standard InChI is InChI=1S/C19H28ClNO3S/c1-6-16(12-25(23)19(3,4)5)21-17(11-24-13(2)18(21)22)14-7-9-15(20)10-8-14/h7-10,13,16-17H,6,11-12H2,1-5H3. The fourth-order valence-electron chi connectivity index (χ4n) is 2.95. The summed E-state index contributed by atoms with van der Waals surface area (Å²) in [5, 5.41) is 0.660. The number of benzene rings is 1. The molecule has 1 saturated heterocycles. The highest BCUT2D eigenvalue weighted by atomic mass is 35.5. The Labute approximate surface area is 158 Å². The number of halogens is 1. The highest BCUT2D eigenvalue weighted by molar-refractivity contribution is 7.86. The van der Waals surface area contributed by atoms with Gasteiger partial charge < -0.3 is 9.64 Å². The second kappa shape index (κ2) is 8.19. The molecule has 140 valence electrons. The zero-order valence-corrected chi connectivity index (χ0v) is 17.2. The van der Waals surface area contributed by atoms with Crippen LogP contribution in [0, 0.1) is 0 Å². The van der Waals surface area contributed by atoms with Crippen molar-refractivity contribution in [1.82, 2.24) is 4.90 Å². The van der Waals surface area contributed by atoms with Crippen molar-refractivity contribution in [1.29, 1.82) is 0 Å². The predicted octanol–water partition coefficient (Wildman–Crippen LogP) is 3.95. The van der Waals surface area contributed by atoms with Gasteiger partial charge in [0.25, 0.3) is 5.91 Å². The zero-order valence-electron chi connectivity index (χ0n) is 15.6. The minimum atomic E-state index is -1.03. The molecule has 1 heterocycles. The van der Waals surface area contributed by atoms with E-state index in [1.165, 1.54) is 0 Å². The number of carbonyl (C=O) groups is 1. The van der Waals surface area contributed by atoms with Gasteiger partial charge >= 0.3 is 0 Å². The molecule has 0 aliphatic carbocycles. The van der Waals surface area contributed by atoms with Crippen LogP contribution in [0.15, 0.2) is 24.3 Å². The molecule has 0 aromatic heterocycles. The third kappa shape index (κ3) is 4.83. The van der Waals surface area contributed by atoms with Crippen LogP contribution in [0.25, 0.3) is 0 Å². The van der Waals surface area contributed by atoms with Crippen molar-refractivity contribution >= 4 is 28.3 Å². The van der Waals surface area contributed by atoms with Gasteiger partial charge in [-0.2, -0.15) is 0 Å². The minimum absolute atomic E-state index is 0.0380. The number of rotatable bonds is 5. The molecule has 1 fully saturated rings. The fraction of sp³-hybridized carbons (Fsp3) is 0.632. The van der Waals surface area contributed by atoms with E-state index >= 15 is 0 Å². The Morgan fingerprint density at radius 2 is 1.92 bits per heavy atom. The lowest BCUT2D eigenvalue weighted by Crippen LogP contribution is -2.54. The van der Waals surface area contributed by atoms with E-state index in [0.717, 1.165) is 12.0 Å². The number of amides is 1. The summed E-state index contributed by atoms with van der Waals surface area (Å²) in [4.78, 5) is 14.8. The predicted molar refractivity (Wildman–Crippen MR) is 103 cm³/mol. The van der Waals surface area contributed by atoms with E-state index in [4.69, 9.17) is 16.3 Å². The Morgan fingerprint density at radius 3 is 2.44 bits per heavy atom. The molecular formula is C19H28ClNO3S. The molecule has 1 aliphatic heterocycles. The topological polar surface area (TPSA) is 46.6 Å². The third-order valence-electron chi connectivity index (χ3n) is 4.59. The van der Waals surface area contributed by atoms with Gasteiger partial charge in [-0.1, -0.05) is 30.7 Å². The van der Waals surface area contributed by atoms with E-state index < -0.39 is 16.9 Å². The van der Waals surface area contributed by atoms with Gasteiger partial charge in [0, 0.05) is 32.4 Å². The Hall–Kier alpha value is -0.910. The van der Waals surface area contributed by atoms with Crippen LogP contribution in [0.2, 0.25) is 5.02 Å². The molecule has 1 aromatic rings. The Bertz CT molecular complexity index is 627. The van der Waals surface area contributed by atoms with Crippen LogP contribution in [0.1, 0.15) is 52.6 Å². The Kier molecular flexibility index (Phi) is 6.68. The van der Waals surface area contributed by atoms with Gasteiger partial charge in [0.2, 0.25) is 0 Å². The maximum Gasteiger partial charge on any atom is 0.252 e. The molecule has 0 radical (unpaired) electrons. The van der Waals surface area contributed by atoms with Crippen LogP contribution >= 0.6 is 11.6 Å². The largest absolute Gasteiger partial charge is 0.366 e. The maximum absolute atomic E-state index is 12.9. The number of hydrogen-bond acceptors (Lipinski definition) is 3. The van der Waals surface area contributed by atoms with Crippen molar-refractivity contribution in [3.8, 4) is 0 Å². The first-order valence-corrected chi connectivity index (χ1v) is 10.4. The maximum atomic E-state index is 12.9. The van der Waals surface area contributed by atoms with Gasteiger partial charge in [0.15, 0.2) is 0 Å². The summed E-state index contributed by atoms with van der Waals surface area (Å²) in [7, 11) is -1.03. The molecule has 2 rings (SSSR count). The van der Waals surface area contributed by atoms with E-state index in [1.807, 2.05) is 56.9 Å². The average molecular weight is 386 g/mol. The molecule has 1 amide bonds. The summed E-state index contributed by atoms with van der Waals surface area (Å²) in [6.07, 6.45) is 0.283. The lowest BCUT2D eigenvalue weighted by atomic mass is 10.0. The Morgan fingerprint density at radius 1 is 1.32 bits per heavy atom. The van der Waals surface area contributed by atoms with Gasteiger partial charge in [-0.25, -0.2) is 0 Å². The van der Waals surface area contributed by atoms with Crippen molar-refractivity contribution in [2.45, 2.75) is 64.0 Å². The summed E-state index contributed by atoms with van der Waals surface area (Å²) in [5.74, 6) is 0.437. The molecule has 4 unspecified atom stereocenters. The van der Waals surface area contributed by atoms with E-state index in [9.17, 15) is 9.00 Å². The molecule has 0 saturated carbocycles. The number of morpholine rings is 1. The number of ether oxygens (including phenoxy) is 1. The molecule has 6 heteroatoms. The molecule has 4 atom stereocenters. The minimum Gasteiger partial charge on any atom is -0.366 e. The van der Waals surface area contributed by atoms with E-state index in [0.29, 0.717) is 17.4 Å². The number of carbonyl (C=O) groups excluding carboxylic acids is 1. The first-order chi connectivity index (χ1) is 11.6. The number of hydrogen-bond donors (Lipinski definition) is 0. The summed E-state index contributed by atoms with van der Waals surface area (Å²) < 4.78 is 18.1. The van der Waals surface area contributed by atoms with E-state index in [-0.39, 0.29) is 22.7 Å². The summed E-state index contributed by atoms with van der Waals surface area (Å²) in [6.45, 7) is 10.2. The van der Waals surface area contributed by atoms with E-state index in [1.54, 1.807) is 6.92 Å². The van der Waals surface area contributed by atoms with Crippen molar-refractivity contribution in [3.05, 3.63) is 34.9 Å². The van der Waals surface area contributed by atoms with Gasteiger partial charge in [0.05, 0.1) is 12.6 Å². The van der Waals surface area contributed by atoms with Gasteiger partial charge in [-0.3, -0.25) is 9.00 Å². The molecule has 1 aliphatic rings. The van der Waals surface area contributed by atoms with Gasteiger partial charge in [-0.15, -0.1) is 0 Å². The van der Waals surface area contributed by atoms with Crippen LogP contribution in [0.3, 0.4) is 0 Å². The van der Waals surface area contributed by atoms with Gasteiger partial charge in [0.1, 0.15) is 6.10 Å². The van der Waals surface area contributed by atoms with Crippen molar-refractivity contribution in [2.24, 2.45) is 0 Å². The second-order valence-electron chi connectivity index (χ2n) is 7.48. The van der Waals surface area contributed by atoms with Crippen molar-refractivity contribution in [2.75, 3.05) is 12.4 Å². The molecule has 0 spiro atoms. The van der Waals surface area contributed by atoms with Crippen molar-refractivity contribution < 1.29 is 13.7 Å². The number of nitrogens with zero attached hydrogens (tertiary/aromatic N) is 1. The van der Waals surface area contributed by atoms with Crippen LogP contribution in [0.4, 0.5) is 0 Å². The average Bonchev–Trinajstić information content (AvgIpc) is 2.55. The smallest absolute Gasteiger partial charge is 0.252 e. The Balaban J connectivity index is 2.33. The molecule has 4 nitrogen and oxygen atoms in total. The summed E-state index contributed by atoms with van der Waals surface area (Å²) in [6, 6.07) is 7.25. The summed E-state index contributed by atoms with van der Waals surface area (Å²) in [5.41, 5.74) is 0.990. The third-order valence-corrected chi connectivity index (χ3v) is 6.89. The first-order valence-electron chi connectivity index (χ1n) is 8.72. The summed E-state index contributed by atoms with van der Waals surface area (Å²) >= 11 is 6.00. The van der Waals surface area contributed by atoms with Crippen LogP contribution in [-0.4, -0.2) is 44.3 Å². The first kappa shape index (κ1) is 20.4. The van der Waals surface area contributed by atoms with Crippen LogP contribution in [0.5, 0.6) is 0 Å². The van der Waals surface area contributed by atoms with E-state index in [2.05, 4.69) is 0 Å². The molecular weight excluding hydrogens is 358 g/mol. The molecule has 0 N–H and O–H groups in total. The zero-order chi connectivity index (χ0) is 18.8. The fourth-order valence-corrected chi connectivity index (χ4v) is 4.32. The molecule has 1 aromatic carbocycles. The second-order valence-corrected chi connectivity index (χ2v) is 10.2. The van der Waals surface area contributed by atoms with Crippen molar-refractivity contribution in [3.63, 3.8) is 0 Å². The van der Waals surface area contributed by atoms with Crippen LogP contribution < -0.4 is 0 Å². The quantitative estimate of drug-likeness (QED) is 0.770. The highest BCUT2D eigenvalue weighted by Gasteiger charge is 2.39. The van der Waals surface area contributed by atoms with Crippen LogP contribution in [-0.2, 0) is 20.3 Å². The molecule has 25 heavy (non-hydrogen) atoms. The lowest BCUT2D eigenvalue weighted by molar-refractivity contribution is -0.161. The monoisotopic (exact) mass is 385 g/mol. The molecule has 0 bridgehead atoms. The highest BCUT2D eigenvalue weighted by Crippen LogP contribution is 2.31. The lowest BCUT2D eigenvalue weighted by Gasteiger charge is -2.43.